The van der Waals surface area contributed by atoms with Gasteiger partial charge < -0.3 is 36.1 Å². The van der Waals surface area contributed by atoms with Crippen LogP contribution in [-0.4, -0.2) is 58.9 Å². The van der Waals surface area contributed by atoms with Gasteiger partial charge in [0.05, 0.1) is 25.7 Å². The molecule has 0 bridgehead atoms. The molecule has 1 amide bonds. The SMILES string of the molecule is CCC[C@@H](CCO)Nc1nc(N)nc2c3ccccc3n(Cc3cc(CNCC(=O)NC)ccc3OC)c12. The van der Waals surface area contributed by atoms with E-state index in [0.717, 1.165) is 51.7 Å². The number of anilines is 2. The molecule has 0 fully saturated rings. The first-order valence-corrected chi connectivity index (χ1v) is 13.0. The number of carbonyl (C=O) groups excluding carboxylic acids is 1. The number of hydrogen-bond donors (Lipinski definition) is 5. The number of para-hydroxylation sites is 1. The Hall–Kier alpha value is -3.89. The van der Waals surface area contributed by atoms with Crippen LogP contribution in [0.2, 0.25) is 0 Å². The van der Waals surface area contributed by atoms with E-state index in [1.54, 1.807) is 14.2 Å². The summed E-state index contributed by atoms with van der Waals surface area (Å²) in [5.41, 5.74) is 10.8. The van der Waals surface area contributed by atoms with Crippen LogP contribution in [0.15, 0.2) is 42.5 Å². The van der Waals surface area contributed by atoms with Gasteiger partial charge in [0.1, 0.15) is 16.8 Å². The van der Waals surface area contributed by atoms with Crippen molar-refractivity contribution in [1.82, 2.24) is 25.2 Å². The van der Waals surface area contributed by atoms with E-state index in [2.05, 4.69) is 49.5 Å². The van der Waals surface area contributed by atoms with Crippen molar-refractivity contribution in [3.05, 3.63) is 53.6 Å². The first-order chi connectivity index (χ1) is 18.5. The fourth-order valence-electron chi connectivity index (χ4n) is 4.84. The highest BCUT2D eigenvalue weighted by Crippen LogP contribution is 2.34. The molecule has 202 valence electrons. The standard InChI is InChI=1S/C28H37N7O3/c1-4-7-20(12-13-36)32-27-26-25(33-28(29)34-27)21-8-5-6-9-22(21)35(26)17-19-14-18(10-11-23(19)38-3)15-31-16-24(37)30-2/h5-6,8-11,14,20,31,36H,4,7,12-13,15-17H2,1-3H3,(H,30,37)(H3,29,32,33,34)/t20-/m0/s1. The lowest BCUT2D eigenvalue weighted by Crippen LogP contribution is -2.30. The van der Waals surface area contributed by atoms with Gasteiger partial charge in [-0.3, -0.25) is 4.79 Å². The summed E-state index contributed by atoms with van der Waals surface area (Å²) in [4.78, 5) is 20.8. The smallest absolute Gasteiger partial charge is 0.233 e. The van der Waals surface area contributed by atoms with Crippen LogP contribution in [0.25, 0.3) is 21.9 Å². The van der Waals surface area contributed by atoms with Gasteiger partial charge in [0.25, 0.3) is 0 Å². The number of aliphatic hydroxyl groups is 1. The summed E-state index contributed by atoms with van der Waals surface area (Å²) in [6.07, 6.45) is 2.48. The highest BCUT2D eigenvalue weighted by atomic mass is 16.5. The fourth-order valence-corrected chi connectivity index (χ4v) is 4.84. The molecule has 4 aromatic rings. The monoisotopic (exact) mass is 519 g/mol. The Morgan fingerprint density at radius 2 is 2.00 bits per heavy atom. The Bertz CT molecular complexity index is 1400. The number of nitrogen functional groups attached to an aromatic ring is 1. The summed E-state index contributed by atoms with van der Waals surface area (Å²) in [5.74, 6) is 1.55. The van der Waals surface area contributed by atoms with Crippen molar-refractivity contribution in [3.8, 4) is 5.75 Å². The number of carbonyl (C=O) groups is 1. The summed E-state index contributed by atoms with van der Waals surface area (Å²) in [6, 6.07) is 14.2. The quantitative estimate of drug-likeness (QED) is 0.182. The molecule has 1 atom stereocenters. The highest BCUT2D eigenvalue weighted by Gasteiger charge is 2.20. The minimum Gasteiger partial charge on any atom is -0.496 e. The van der Waals surface area contributed by atoms with Crippen molar-refractivity contribution in [3.63, 3.8) is 0 Å². The number of ether oxygens (including phenoxy) is 1. The van der Waals surface area contributed by atoms with Crippen molar-refractivity contribution in [2.45, 2.75) is 45.3 Å². The van der Waals surface area contributed by atoms with Crippen LogP contribution in [0.5, 0.6) is 5.75 Å². The van der Waals surface area contributed by atoms with Gasteiger partial charge in [-0.15, -0.1) is 0 Å². The van der Waals surface area contributed by atoms with E-state index < -0.39 is 0 Å². The molecule has 38 heavy (non-hydrogen) atoms. The number of benzene rings is 2. The first kappa shape index (κ1) is 27.2. The molecule has 0 unspecified atom stereocenters. The molecule has 10 heteroatoms. The molecule has 10 nitrogen and oxygen atoms in total. The van der Waals surface area contributed by atoms with Crippen molar-refractivity contribution >= 4 is 39.6 Å². The van der Waals surface area contributed by atoms with Crippen LogP contribution in [0.3, 0.4) is 0 Å². The molecule has 2 aromatic heterocycles. The third kappa shape index (κ3) is 5.98. The zero-order valence-electron chi connectivity index (χ0n) is 22.3. The van der Waals surface area contributed by atoms with Gasteiger partial charge in [0, 0.05) is 37.2 Å². The van der Waals surface area contributed by atoms with Crippen LogP contribution in [-0.2, 0) is 17.9 Å². The number of nitrogens with one attached hydrogen (secondary N) is 3. The second-order valence-corrected chi connectivity index (χ2v) is 9.30. The molecular weight excluding hydrogens is 482 g/mol. The van der Waals surface area contributed by atoms with E-state index in [4.69, 9.17) is 10.5 Å². The summed E-state index contributed by atoms with van der Waals surface area (Å²) in [7, 11) is 3.28. The first-order valence-electron chi connectivity index (χ1n) is 13.0. The number of aliphatic hydroxyl groups excluding tert-OH is 1. The average Bonchev–Trinajstić information content (AvgIpc) is 3.22. The lowest BCUT2D eigenvalue weighted by atomic mass is 10.1. The van der Waals surface area contributed by atoms with Gasteiger partial charge in [-0.2, -0.15) is 4.98 Å². The number of hydrogen-bond acceptors (Lipinski definition) is 8. The Labute approximate surface area is 222 Å². The highest BCUT2D eigenvalue weighted by molar-refractivity contribution is 6.09. The maximum atomic E-state index is 11.6. The summed E-state index contributed by atoms with van der Waals surface area (Å²) in [6.45, 7) is 3.50. The van der Waals surface area contributed by atoms with Gasteiger partial charge in [-0.05, 0) is 36.6 Å². The number of aromatic nitrogens is 3. The molecule has 0 saturated carbocycles. The summed E-state index contributed by atoms with van der Waals surface area (Å²) < 4.78 is 7.91. The average molecular weight is 520 g/mol. The Balaban J connectivity index is 1.80. The van der Waals surface area contributed by atoms with E-state index >= 15 is 0 Å². The molecule has 2 aromatic carbocycles. The number of likely N-dealkylation sites (N-methyl/N-ethyl adjacent to an activating group) is 1. The van der Waals surface area contributed by atoms with Crippen molar-refractivity contribution in [2.75, 3.05) is 38.4 Å². The minimum atomic E-state index is -0.0640. The van der Waals surface area contributed by atoms with Crippen LogP contribution in [0.1, 0.15) is 37.3 Å². The van der Waals surface area contributed by atoms with Crippen LogP contribution in [0, 0.1) is 0 Å². The fraction of sp³-hybridized carbons (Fsp3) is 0.393. The Morgan fingerprint density at radius 3 is 2.74 bits per heavy atom. The normalized spacial score (nSPS) is 12.1. The van der Waals surface area contributed by atoms with Crippen LogP contribution >= 0.6 is 0 Å². The molecule has 2 heterocycles. The second kappa shape index (κ2) is 12.6. The summed E-state index contributed by atoms with van der Waals surface area (Å²) >= 11 is 0. The van der Waals surface area contributed by atoms with Crippen LogP contribution in [0.4, 0.5) is 11.8 Å². The third-order valence-electron chi connectivity index (χ3n) is 6.64. The molecule has 0 aliphatic heterocycles. The maximum Gasteiger partial charge on any atom is 0.233 e. The van der Waals surface area contributed by atoms with E-state index in [1.807, 2.05) is 30.3 Å². The Morgan fingerprint density at radius 1 is 1.18 bits per heavy atom. The molecular formula is C28H37N7O3. The topological polar surface area (TPSA) is 139 Å². The number of methoxy groups -OCH3 is 1. The number of fused-ring (bicyclic) bond motifs is 3. The maximum absolute atomic E-state index is 11.6. The number of nitrogens with two attached hydrogens (primary N) is 1. The van der Waals surface area contributed by atoms with Gasteiger partial charge in [-0.25, -0.2) is 4.98 Å². The molecule has 4 rings (SSSR count). The van der Waals surface area contributed by atoms with E-state index in [9.17, 15) is 9.90 Å². The third-order valence-corrected chi connectivity index (χ3v) is 6.64. The van der Waals surface area contributed by atoms with Crippen molar-refractivity contribution in [2.24, 2.45) is 0 Å². The molecule has 0 spiro atoms. The second-order valence-electron chi connectivity index (χ2n) is 9.30. The lowest BCUT2D eigenvalue weighted by Gasteiger charge is -2.20. The molecule has 0 saturated heterocycles. The number of nitrogens with zero attached hydrogens (tertiary/aromatic N) is 3. The zero-order chi connectivity index (χ0) is 27.1. The number of amides is 1. The predicted octanol–water partition coefficient (Wildman–Crippen LogP) is 3.02. The number of rotatable bonds is 13. The van der Waals surface area contributed by atoms with Gasteiger partial charge in [-0.1, -0.05) is 37.6 Å². The molecule has 0 aliphatic carbocycles. The zero-order valence-corrected chi connectivity index (χ0v) is 22.3. The molecule has 0 radical (unpaired) electrons. The van der Waals surface area contributed by atoms with E-state index in [-0.39, 0.29) is 31.0 Å². The molecule has 0 aliphatic rings. The molecule has 6 N–H and O–H groups in total. The van der Waals surface area contributed by atoms with Gasteiger partial charge in [0.15, 0.2) is 5.82 Å². The van der Waals surface area contributed by atoms with Gasteiger partial charge >= 0.3 is 0 Å². The summed E-state index contributed by atoms with van der Waals surface area (Å²) in [5, 5.41) is 19.9. The van der Waals surface area contributed by atoms with Crippen molar-refractivity contribution in [1.29, 1.82) is 0 Å². The van der Waals surface area contributed by atoms with Crippen LogP contribution < -0.4 is 26.4 Å². The Kier molecular flexibility index (Phi) is 8.98. The minimum absolute atomic E-state index is 0.0539. The largest absolute Gasteiger partial charge is 0.496 e. The van der Waals surface area contributed by atoms with Gasteiger partial charge in [0.2, 0.25) is 11.9 Å². The van der Waals surface area contributed by atoms with E-state index in [0.29, 0.717) is 25.3 Å². The lowest BCUT2D eigenvalue weighted by molar-refractivity contribution is -0.119. The van der Waals surface area contributed by atoms with E-state index in [1.165, 1.54) is 0 Å². The van der Waals surface area contributed by atoms with Crippen molar-refractivity contribution < 1.29 is 14.6 Å². The predicted molar refractivity (Wildman–Crippen MR) is 151 cm³/mol.